The van der Waals surface area contributed by atoms with Gasteiger partial charge in [-0.3, -0.25) is 0 Å². The van der Waals surface area contributed by atoms with Gasteiger partial charge < -0.3 is 9.80 Å². The van der Waals surface area contributed by atoms with Crippen molar-refractivity contribution in [3.63, 3.8) is 0 Å². The number of para-hydroxylation sites is 2. The zero-order valence-electron chi connectivity index (χ0n) is 48.2. The lowest BCUT2D eigenvalue weighted by Gasteiger charge is -2.45. The normalized spacial score (nSPS) is 15.5. The van der Waals surface area contributed by atoms with Gasteiger partial charge in [-0.15, -0.1) is 0 Å². The minimum atomic E-state index is -0.702. The summed E-state index contributed by atoms with van der Waals surface area (Å²) >= 11 is 0. The Labute approximate surface area is 516 Å². The molecule has 1 unspecified atom stereocenters. The smallest absolute Gasteiger partial charge is 0.252 e. The highest BCUT2D eigenvalue weighted by atomic mass is 15.2. The van der Waals surface area contributed by atoms with E-state index in [0.717, 1.165) is 28.1 Å². The van der Waals surface area contributed by atoms with Gasteiger partial charge in [0.15, 0.2) is 17.5 Å². The van der Waals surface area contributed by atoms with Crippen LogP contribution < -0.4 is 26.2 Å². The van der Waals surface area contributed by atoms with E-state index in [1.54, 1.807) is 0 Å². The van der Waals surface area contributed by atoms with E-state index in [9.17, 15) is 0 Å². The van der Waals surface area contributed by atoms with Gasteiger partial charge in [0.1, 0.15) is 0 Å². The predicted octanol–water partition coefficient (Wildman–Crippen LogP) is 17.6. The Hall–Kier alpha value is -11.5. The third kappa shape index (κ3) is 6.36. The number of benzene rings is 13. The molecule has 5 nitrogen and oxygen atoms in total. The predicted molar refractivity (Wildman–Crippen MR) is 363 cm³/mol. The van der Waals surface area contributed by atoms with Crippen LogP contribution in [0.15, 0.2) is 303 Å². The van der Waals surface area contributed by atoms with E-state index in [1.165, 1.54) is 128 Å². The molecule has 6 aliphatic rings. The van der Waals surface area contributed by atoms with Gasteiger partial charge in [0.2, 0.25) is 0 Å². The molecule has 14 aromatic rings. The fourth-order valence-electron chi connectivity index (χ4n) is 16.9. The average molecular weight is 1130 g/mol. The van der Waals surface area contributed by atoms with Crippen LogP contribution >= 0.6 is 0 Å². The summed E-state index contributed by atoms with van der Waals surface area (Å²) in [6.07, 6.45) is 0. The Kier molecular flexibility index (Phi) is 9.88. The van der Waals surface area contributed by atoms with Crippen LogP contribution in [0.3, 0.4) is 0 Å². The molecule has 4 aliphatic carbocycles. The molecule has 1 atom stereocenters. The van der Waals surface area contributed by atoms with Gasteiger partial charge in [-0.25, -0.2) is 15.0 Å². The highest BCUT2D eigenvalue weighted by Gasteiger charge is 2.56. The van der Waals surface area contributed by atoms with Crippen LogP contribution in [-0.2, 0) is 10.8 Å². The molecule has 2 aliphatic heterocycles. The molecule has 3 heterocycles. The minimum Gasteiger partial charge on any atom is -0.311 e. The largest absolute Gasteiger partial charge is 0.311 e. The molecular weight excluding hydrogens is 1080 g/mol. The molecule has 0 fully saturated rings. The second-order valence-electron chi connectivity index (χ2n) is 24.4. The third-order valence-corrected chi connectivity index (χ3v) is 20.3. The first kappa shape index (κ1) is 48.7. The summed E-state index contributed by atoms with van der Waals surface area (Å²) in [6.45, 7) is -0.145. The highest BCUT2D eigenvalue weighted by Crippen LogP contribution is 2.66. The van der Waals surface area contributed by atoms with Crippen LogP contribution in [0.25, 0.3) is 78.7 Å². The Morgan fingerprint density at radius 1 is 0.236 bits per heavy atom. The van der Waals surface area contributed by atoms with Crippen molar-refractivity contribution in [2.45, 2.75) is 10.8 Å². The number of anilines is 6. The molecule has 20 rings (SSSR count). The molecule has 2 spiro atoms. The lowest BCUT2D eigenvalue weighted by molar-refractivity contribution is 0.793. The quantitative estimate of drug-likeness (QED) is 0.161. The van der Waals surface area contributed by atoms with Gasteiger partial charge in [-0.2, -0.15) is 0 Å². The van der Waals surface area contributed by atoms with Crippen LogP contribution in [0, 0.1) is 0 Å². The van der Waals surface area contributed by atoms with Crippen molar-refractivity contribution < 1.29 is 0 Å². The Bertz CT molecular complexity index is 5250. The Morgan fingerprint density at radius 2 is 0.562 bits per heavy atom. The minimum absolute atomic E-state index is 0.145. The summed E-state index contributed by atoms with van der Waals surface area (Å²) in [5.41, 5.74) is 32.9. The fraction of sp³-hybridized carbons (Fsp3) is 0.0241. The van der Waals surface area contributed by atoms with Crippen molar-refractivity contribution in [2.24, 2.45) is 0 Å². The van der Waals surface area contributed by atoms with Gasteiger partial charge in [0, 0.05) is 50.8 Å². The second-order valence-corrected chi connectivity index (χ2v) is 24.4. The lowest BCUT2D eigenvalue weighted by atomic mass is 9.33. The summed E-state index contributed by atoms with van der Waals surface area (Å²) in [5.74, 6) is 1.91. The first-order valence-electron chi connectivity index (χ1n) is 30.9. The standard InChI is InChI=1S/C83H50BN5/c1-5-24-51(25-6-1)79-85-80(52-26-7-2-8-27-52)87-81(86-79)53-44-45-61-58-34-15-20-39-66(58)83(69(61)46-53)68-41-22-17-36-60(68)63-48-73-77(50-71(63)83)89(55-30-11-4-12-31-55)75-43-23-42-74-78(75)84(73)72-47-62-59-35-16-21-40-67(59)82(70(62)49-76(72)88(74)54-28-9-3-10-29-54)64-37-18-13-32-56(64)57-33-14-19-38-65(57)82/h1-50H. The topological polar surface area (TPSA) is 45.2 Å². The van der Waals surface area contributed by atoms with Crippen LogP contribution in [0.2, 0.25) is 0 Å². The number of fused-ring (bicyclic) bond motifs is 24. The summed E-state index contributed by atoms with van der Waals surface area (Å²) in [5, 5.41) is 0. The van der Waals surface area contributed by atoms with E-state index in [-0.39, 0.29) is 6.71 Å². The first-order valence-corrected chi connectivity index (χ1v) is 30.9. The van der Waals surface area contributed by atoms with Crippen molar-refractivity contribution in [2.75, 3.05) is 9.80 Å². The first-order chi connectivity index (χ1) is 44.2. The number of hydrogen-bond acceptors (Lipinski definition) is 5. The average Bonchev–Trinajstić information content (AvgIpc) is 1.57. The summed E-state index contributed by atoms with van der Waals surface area (Å²) in [7, 11) is 0. The van der Waals surface area contributed by atoms with E-state index >= 15 is 0 Å². The van der Waals surface area contributed by atoms with Gasteiger partial charge in [-0.1, -0.05) is 249 Å². The summed E-state index contributed by atoms with van der Waals surface area (Å²) in [4.78, 5) is 20.9. The van der Waals surface area contributed by atoms with Crippen LogP contribution in [0.5, 0.6) is 0 Å². The molecule has 89 heavy (non-hydrogen) atoms. The maximum Gasteiger partial charge on any atom is 0.252 e. The monoisotopic (exact) mass is 1130 g/mol. The third-order valence-electron chi connectivity index (χ3n) is 20.3. The van der Waals surface area contributed by atoms with Crippen molar-refractivity contribution in [1.82, 2.24) is 15.0 Å². The maximum absolute atomic E-state index is 5.32. The van der Waals surface area contributed by atoms with Gasteiger partial charge in [0.25, 0.3) is 6.71 Å². The molecule has 0 radical (unpaired) electrons. The SMILES string of the molecule is c1ccc(-c2nc(-c3ccccc3)nc(-c3ccc4c(c3)C3(c5ccccc5-4)c4ccccc4-c4cc5c(cc43)N(c3ccccc3)c3cccc4c3B5c3cc5c(cc3N4c3ccccc3)C3(c4ccccc4-c4ccccc43)c3ccccc3-5)n2)cc1. The zero-order chi connectivity index (χ0) is 58.1. The molecule has 0 amide bonds. The van der Waals surface area contributed by atoms with E-state index in [1.807, 2.05) is 36.4 Å². The van der Waals surface area contributed by atoms with Gasteiger partial charge in [0.05, 0.1) is 10.8 Å². The molecule has 0 saturated heterocycles. The molecule has 0 bridgehead atoms. The molecular formula is C83H50BN5. The Balaban J connectivity index is 0.867. The molecule has 410 valence electrons. The van der Waals surface area contributed by atoms with Crippen LogP contribution in [0.1, 0.15) is 44.5 Å². The van der Waals surface area contributed by atoms with Crippen molar-refractivity contribution in [1.29, 1.82) is 0 Å². The zero-order valence-corrected chi connectivity index (χ0v) is 48.2. The molecule has 13 aromatic carbocycles. The number of aromatic nitrogens is 3. The van der Waals surface area contributed by atoms with E-state index < -0.39 is 10.8 Å². The number of rotatable bonds is 5. The van der Waals surface area contributed by atoms with Crippen molar-refractivity contribution in [3.05, 3.63) is 348 Å². The van der Waals surface area contributed by atoms with E-state index in [4.69, 9.17) is 15.0 Å². The number of hydrogen-bond donors (Lipinski definition) is 0. The van der Waals surface area contributed by atoms with Gasteiger partial charge >= 0.3 is 0 Å². The van der Waals surface area contributed by atoms with Crippen LogP contribution in [-0.4, -0.2) is 21.7 Å². The van der Waals surface area contributed by atoms with E-state index in [0.29, 0.717) is 17.5 Å². The van der Waals surface area contributed by atoms with Crippen molar-refractivity contribution in [3.8, 4) is 78.7 Å². The number of nitrogens with zero attached hydrogens (tertiary/aromatic N) is 5. The van der Waals surface area contributed by atoms with Gasteiger partial charge in [-0.05, 0) is 160 Å². The lowest BCUT2D eigenvalue weighted by Crippen LogP contribution is -2.61. The molecule has 6 heteroatoms. The maximum atomic E-state index is 5.32. The second kappa shape index (κ2) is 18.1. The molecule has 0 N–H and O–H groups in total. The summed E-state index contributed by atoms with van der Waals surface area (Å²) in [6, 6.07) is 113. The van der Waals surface area contributed by atoms with Crippen molar-refractivity contribution >= 4 is 57.2 Å². The molecule has 1 aromatic heterocycles. The van der Waals surface area contributed by atoms with Crippen LogP contribution in [0.4, 0.5) is 34.1 Å². The molecule has 0 saturated carbocycles. The highest BCUT2D eigenvalue weighted by molar-refractivity contribution is 7.00. The fourth-order valence-corrected chi connectivity index (χ4v) is 16.9. The Morgan fingerprint density at radius 3 is 0.978 bits per heavy atom. The summed E-state index contributed by atoms with van der Waals surface area (Å²) < 4.78 is 0. The van der Waals surface area contributed by atoms with E-state index in [2.05, 4.69) is 277 Å².